The van der Waals surface area contributed by atoms with Gasteiger partial charge in [0, 0.05) is 0 Å². The van der Waals surface area contributed by atoms with Crippen LogP contribution in [0.4, 0.5) is 0 Å². The van der Waals surface area contributed by atoms with E-state index in [0.29, 0.717) is 0 Å². The van der Waals surface area contributed by atoms with E-state index in [9.17, 15) is 0 Å². The fourth-order valence-corrected chi connectivity index (χ4v) is 2.92. The first-order valence-electron chi connectivity index (χ1n) is 5.19. The van der Waals surface area contributed by atoms with Crippen molar-refractivity contribution in [3.05, 3.63) is 24.3 Å². The molecule has 0 aliphatic carbocycles. The van der Waals surface area contributed by atoms with Crippen LogP contribution in [-0.2, 0) is 6.67 Å². The zero-order chi connectivity index (χ0) is 10.3. The summed E-state index contributed by atoms with van der Waals surface area (Å²) in [6.07, 6.45) is 0. The molecule has 0 fully saturated rings. The van der Waals surface area contributed by atoms with Crippen LogP contribution in [0.3, 0.4) is 0 Å². The van der Waals surface area contributed by atoms with E-state index in [2.05, 4.69) is 39.6 Å². The lowest BCUT2D eigenvalue weighted by Crippen LogP contribution is -2.29. The molecule has 3 nitrogen and oxygen atoms in total. The predicted molar refractivity (Wildman–Crippen MR) is 62.8 cm³/mol. The number of imidazole rings is 1. The van der Waals surface area contributed by atoms with Crippen molar-refractivity contribution in [3.63, 3.8) is 0 Å². The Hall–Kier alpha value is -1.00. The van der Waals surface area contributed by atoms with Gasteiger partial charge in [0.2, 0.25) is 0 Å². The molecular formula is C11H13N3S. The van der Waals surface area contributed by atoms with Crippen LogP contribution in [0.2, 0.25) is 0 Å². The molecule has 0 amide bonds. The standard InChI is InChI=1S/C11H13N3S/c1-2-13-7-14-10-6-4-3-5-9(10)12-11(14)15-8-13/h3-6H,2,7-8H2,1H3. The summed E-state index contributed by atoms with van der Waals surface area (Å²) in [7, 11) is 0. The first-order chi connectivity index (χ1) is 7.38. The Morgan fingerprint density at radius 2 is 2.27 bits per heavy atom. The third-order valence-electron chi connectivity index (χ3n) is 2.78. The first kappa shape index (κ1) is 9.24. The van der Waals surface area contributed by atoms with Crippen molar-refractivity contribution in [2.45, 2.75) is 18.7 Å². The van der Waals surface area contributed by atoms with Crippen LogP contribution in [0.5, 0.6) is 0 Å². The van der Waals surface area contributed by atoms with Gasteiger partial charge in [-0.3, -0.25) is 4.90 Å². The highest BCUT2D eigenvalue weighted by Gasteiger charge is 2.18. The van der Waals surface area contributed by atoms with Gasteiger partial charge in [-0.25, -0.2) is 4.98 Å². The lowest BCUT2D eigenvalue weighted by atomic mass is 10.3. The van der Waals surface area contributed by atoms with E-state index in [4.69, 9.17) is 0 Å². The second kappa shape index (κ2) is 3.54. The van der Waals surface area contributed by atoms with Crippen LogP contribution in [0.25, 0.3) is 11.0 Å². The molecular weight excluding hydrogens is 206 g/mol. The summed E-state index contributed by atoms with van der Waals surface area (Å²) in [4.78, 5) is 7.03. The highest BCUT2D eigenvalue weighted by molar-refractivity contribution is 7.99. The Morgan fingerprint density at radius 1 is 1.40 bits per heavy atom. The minimum atomic E-state index is 0.972. The molecule has 0 bridgehead atoms. The lowest BCUT2D eigenvalue weighted by molar-refractivity contribution is 0.255. The molecule has 2 heterocycles. The minimum absolute atomic E-state index is 0.972. The third kappa shape index (κ3) is 1.44. The maximum absolute atomic E-state index is 4.62. The molecule has 4 heteroatoms. The Kier molecular flexibility index (Phi) is 2.18. The molecule has 0 saturated heterocycles. The van der Waals surface area contributed by atoms with Crippen molar-refractivity contribution in [3.8, 4) is 0 Å². The zero-order valence-electron chi connectivity index (χ0n) is 8.68. The number of hydrogen-bond acceptors (Lipinski definition) is 3. The van der Waals surface area contributed by atoms with Crippen LogP contribution in [0.15, 0.2) is 29.4 Å². The van der Waals surface area contributed by atoms with Gasteiger partial charge in [0.05, 0.1) is 23.6 Å². The third-order valence-corrected chi connectivity index (χ3v) is 3.85. The summed E-state index contributed by atoms with van der Waals surface area (Å²) < 4.78 is 2.30. The molecule has 0 N–H and O–H groups in total. The van der Waals surface area contributed by atoms with E-state index in [1.54, 1.807) is 0 Å². The summed E-state index contributed by atoms with van der Waals surface area (Å²) in [5.74, 6) is 1.06. The molecule has 3 rings (SSSR count). The molecule has 1 aliphatic heterocycles. The van der Waals surface area contributed by atoms with Gasteiger partial charge in [0.1, 0.15) is 0 Å². The highest BCUT2D eigenvalue weighted by Crippen LogP contribution is 2.28. The number of rotatable bonds is 1. The van der Waals surface area contributed by atoms with Gasteiger partial charge in [-0.15, -0.1) is 0 Å². The Morgan fingerprint density at radius 3 is 3.13 bits per heavy atom. The molecule has 0 saturated carbocycles. The van der Waals surface area contributed by atoms with Crippen molar-refractivity contribution in [1.82, 2.24) is 14.5 Å². The number of para-hydroxylation sites is 2. The molecule has 0 atom stereocenters. The van der Waals surface area contributed by atoms with E-state index < -0.39 is 0 Å². The summed E-state index contributed by atoms with van der Waals surface area (Å²) in [6, 6.07) is 8.35. The van der Waals surface area contributed by atoms with Gasteiger partial charge in [0.15, 0.2) is 5.16 Å². The molecule has 78 valence electrons. The monoisotopic (exact) mass is 219 g/mol. The molecule has 1 aliphatic rings. The topological polar surface area (TPSA) is 21.1 Å². The van der Waals surface area contributed by atoms with Crippen molar-refractivity contribution in [2.24, 2.45) is 0 Å². The molecule has 0 radical (unpaired) electrons. The first-order valence-corrected chi connectivity index (χ1v) is 6.17. The van der Waals surface area contributed by atoms with Gasteiger partial charge in [-0.05, 0) is 18.7 Å². The number of thioether (sulfide) groups is 1. The number of aromatic nitrogens is 2. The normalized spacial score (nSPS) is 16.9. The SMILES string of the molecule is CCN1CSc2nc3ccccc3n2C1. The van der Waals surface area contributed by atoms with E-state index in [-0.39, 0.29) is 0 Å². The van der Waals surface area contributed by atoms with Crippen molar-refractivity contribution >= 4 is 22.8 Å². The molecule has 0 unspecified atom stereocenters. The second-order valence-corrected chi connectivity index (χ2v) is 4.63. The summed E-state index contributed by atoms with van der Waals surface area (Å²) in [6.45, 7) is 4.27. The average molecular weight is 219 g/mol. The number of nitrogens with zero attached hydrogens (tertiary/aromatic N) is 3. The minimum Gasteiger partial charge on any atom is -0.305 e. The fourth-order valence-electron chi connectivity index (χ4n) is 1.88. The Balaban J connectivity index is 2.14. The average Bonchev–Trinajstić information content (AvgIpc) is 2.66. The maximum Gasteiger partial charge on any atom is 0.171 e. The van der Waals surface area contributed by atoms with Gasteiger partial charge in [-0.2, -0.15) is 0 Å². The largest absolute Gasteiger partial charge is 0.305 e. The van der Waals surface area contributed by atoms with E-state index in [1.807, 2.05) is 17.8 Å². The molecule has 0 spiro atoms. The van der Waals surface area contributed by atoms with Crippen LogP contribution >= 0.6 is 11.8 Å². The Bertz CT molecular complexity index is 492. The van der Waals surface area contributed by atoms with Crippen molar-refractivity contribution in [2.75, 3.05) is 12.4 Å². The quantitative estimate of drug-likeness (QED) is 0.734. The van der Waals surface area contributed by atoms with E-state index in [1.165, 1.54) is 5.52 Å². The van der Waals surface area contributed by atoms with Gasteiger partial charge in [0.25, 0.3) is 0 Å². The lowest BCUT2D eigenvalue weighted by Gasteiger charge is -2.26. The van der Waals surface area contributed by atoms with E-state index >= 15 is 0 Å². The predicted octanol–water partition coefficient (Wildman–Crippen LogP) is 2.38. The van der Waals surface area contributed by atoms with Crippen LogP contribution in [0.1, 0.15) is 6.92 Å². The molecule has 1 aromatic carbocycles. The summed E-state index contributed by atoms with van der Waals surface area (Å²) in [5.41, 5.74) is 2.36. The van der Waals surface area contributed by atoms with Crippen LogP contribution in [0, 0.1) is 0 Å². The fraction of sp³-hybridized carbons (Fsp3) is 0.364. The molecule has 2 aromatic rings. The maximum atomic E-state index is 4.62. The Labute approximate surface area is 93.1 Å². The molecule has 1 aromatic heterocycles. The number of benzene rings is 1. The summed E-state index contributed by atoms with van der Waals surface area (Å²) in [5, 5.41) is 1.15. The summed E-state index contributed by atoms with van der Waals surface area (Å²) >= 11 is 1.82. The number of fused-ring (bicyclic) bond motifs is 3. The zero-order valence-corrected chi connectivity index (χ0v) is 9.50. The van der Waals surface area contributed by atoms with Gasteiger partial charge < -0.3 is 4.57 Å². The van der Waals surface area contributed by atoms with Gasteiger partial charge in [-0.1, -0.05) is 30.8 Å². The molecule has 15 heavy (non-hydrogen) atoms. The van der Waals surface area contributed by atoms with Gasteiger partial charge >= 0.3 is 0 Å². The second-order valence-electron chi connectivity index (χ2n) is 3.71. The highest BCUT2D eigenvalue weighted by atomic mass is 32.2. The van der Waals surface area contributed by atoms with Crippen molar-refractivity contribution < 1.29 is 0 Å². The van der Waals surface area contributed by atoms with Crippen LogP contribution in [-0.4, -0.2) is 26.9 Å². The van der Waals surface area contributed by atoms with Crippen LogP contribution < -0.4 is 0 Å². The van der Waals surface area contributed by atoms with E-state index in [0.717, 1.165) is 29.8 Å². The smallest absolute Gasteiger partial charge is 0.171 e. The van der Waals surface area contributed by atoms with Crippen molar-refractivity contribution in [1.29, 1.82) is 0 Å². The number of hydrogen-bond donors (Lipinski definition) is 0.